The van der Waals surface area contributed by atoms with Crippen molar-refractivity contribution in [2.75, 3.05) is 7.11 Å². The molecule has 0 saturated carbocycles. The molecule has 0 fully saturated rings. The van der Waals surface area contributed by atoms with Crippen molar-refractivity contribution in [2.45, 2.75) is 12.8 Å². The summed E-state index contributed by atoms with van der Waals surface area (Å²) in [5.74, 6) is -1.97. The second-order valence-corrected chi connectivity index (χ2v) is 6.11. The first-order valence-corrected chi connectivity index (χ1v) is 8.85. The number of aliphatic carboxylic acids is 1. The Bertz CT molecular complexity index is 971. The molecule has 6 heteroatoms. The highest BCUT2D eigenvalue weighted by Gasteiger charge is 2.16. The number of carbonyl (C=O) groups excluding carboxylic acids is 2. The molecule has 1 heterocycles. The number of aromatic nitrogens is 1. The van der Waals surface area contributed by atoms with E-state index in [2.05, 4.69) is 9.72 Å². The average Bonchev–Trinajstić information content (AvgIpc) is 2.79. The van der Waals surface area contributed by atoms with Crippen LogP contribution in [-0.4, -0.2) is 34.9 Å². The van der Waals surface area contributed by atoms with Gasteiger partial charge in [0.1, 0.15) is 0 Å². The van der Waals surface area contributed by atoms with Crippen LogP contribution in [0.25, 0.3) is 0 Å². The monoisotopic (exact) mass is 391 g/mol. The topological polar surface area (TPSA) is 93.6 Å². The molecule has 0 amide bonds. The predicted octanol–water partition coefficient (Wildman–Crippen LogP) is 3.97. The van der Waals surface area contributed by atoms with Crippen molar-refractivity contribution in [2.24, 2.45) is 0 Å². The SMILES string of the molecule is CC(C(=O)O)c1cccc(C(=O)c2ccccc2)c1.COC(=O)c1cccnc1. The quantitative estimate of drug-likeness (QED) is 0.522. The van der Waals surface area contributed by atoms with E-state index in [4.69, 9.17) is 5.11 Å². The molecule has 1 aromatic heterocycles. The highest BCUT2D eigenvalue weighted by atomic mass is 16.5. The van der Waals surface area contributed by atoms with Crippen LogP contribution in [-0.2, 0) is 9.53 Å². The van der Waals surface area contributed by atoms with Crippen LogP contribution in [0, 0.1) is 0 Å². The van der Waals surface area contributed by atoms with Gasteiger partial charge in [-0.15, -0.1) is 0 Å². The summed E-state index contributed by atoms with van der Waals surface area (Å²) in [6.45, 7) is 1.61. The lowest BCUT2D eigenvalue weighted by atomic mass is 9.96. The van der Waals surface area contributed by atoms with Crippen LogP contribution in [0.15, 0.2) is 79.1 Å². The first-order valence-electron chi connectivity index (χ1n) is 8.85. The third-order valence-electron chi connectivity index (χ3n) is 4.14. The van der Waals surface area contributed by atoms with E-state index < -0.39 is 11.9 Å². The predicted molar refractivity (Wildman–Crippen MR) is 108 cm³/mol. The number of benzene rings is 2. The molecule has 0 radical (unpaired) electrons. The molecule has 0 spiro atoms. The van der Waals surface area contributed by atoms with Gasteiger partial charge in [-0.1, -0.05) is 48.5 Å². The zero-order valence-corrected chi connectivity index (χ0v) is 16.1. The number of hydrogen-bond acceptors (Lipinski definition) is 5. The Balaban J connectivity index is 0.000000253. The summed E-state index contributed by atoms with van der Waals surface area (Å²) in [4.78, 5) is 37.7. The van der Waals surface area contributed by atoms with E-state index in [1.807, 2.05) is 6.07 Å². The molecular formula is C23H21NO5. The Kier molecular flexibility index (Phi) is 7.79. The van der Waals surface area contributed by atoms with Gasteiger partial charge in [-0.3, -0.25) is 14.6 Å². The Hall–Kier alpha value is -3.80. The van der Waals surface area contributed by atoms with Gasteiger partial charge in [0.25, 0.3) is 0 Å². The standard InChI is InChI=1S/C16H14O3.C7H7NO2/c1-11(16(18)19)13-8-5-9-14(10-13)15(17)12-6-3-2-4-7-12;1-10-7(9)6-3-2-4-8-5-6/h2-11H,1H3,(H,18,19);2-5H,1H3. The van der Waals surface area contributed by atoms with Crippen LogP contribution in [0.4, 0.5) is 0 Å². The molecule has 6 nitrogen and oxygen atoms in total. The van der Waals surface area contributed by atoms with Crippen LogP contribution < -0.4 is 0 Å². The average molecular weight is 391 g/mol. The summed E-state index contributed by atoms with van der Waals surface area (Å²) in [6, 6.07) is 19.1. The molecule has 0 aliphatic rings. The van der Waals surface area contributed by atoms with Crippen LogP contribution >= 0.6 is 0 Å². The Morgan fingerprint density at radius 2 is 1.55 bits per heavy atom. The molecule has 29 heavy (non-hydrogen) atoms. The van der Waals surface area contributed by atoms with E-state index in [-0.39, 0.29) is 11.8 Å². The summed E-state index contributed by atoms with van der Waals surface area (Å²) in [5, 5.41) is 9.00. The summed E-state index contributed by atoms with van der Waals surface area (Å²) in [7, 11) is 1.34. The fourth-order valence-electron chi connectivity index (χ4n) is 2.45. The minimum absolute atomic E-state index is 0.0972. The fraction of sp³-hybridized carbons (Fsp3) is 0.130. The van der Waals surface area contributed by atoms with E-state index >= 15 is 0 Å². The van der Waals surface area contributed by atoms with Gasteiger partial charge in [0.2, 0.25) is 0 Å². The van der Waals surface area contributed by atoms with Gasteiger partial charge < -0.3 is 9.84 Å². The van der Waals surface area contributed by atoms with E-state index in [0.29, 0.717) is 22.3 Å². The van der Waals surface area contributed by atoms with Crippen molar-refractivity contribution < 1.29 is 24.2 Å². The highest BCUT2D eigenvalue weighted by Crippen LogP contribution is 2.18. The minimum atomic E-state index is -0.899. The minimum Gasteiger partial charge on any atom is -0.481 e. The zero-order chi connectivity index (χ0) is 21.2. The highest BCUT2D eigenvalue weighted by molar-refractivity contribution is 6.09. The molecule has 0 aliphatic carbocycles. The molecule has 0 aliphatic heterocycles. The van der Waals surface area contributed by atoms with Gasteiger partial charge in [0, 0.05) is 23.5 Å². The summed E-state index contributed by atoms with van der Waals surface area (Å²) < 4.78 is 4.46. The number of hydrogen-bond donors (Lipinski definition) is 1. The van der Waals surface area contributed by atoms with Gasteiger partial charge in [0.15, 0.2) is 5.78 Å². The Labute approximate surface area is 168 Å². The number of rotatable bonds is 5. The van der Waals surface area contributed by atoms with Gasteiger partial charge in [0.05, 0.1) is 18.6 Å². The molecule has 1 N–H and O–H groups in total. The Morgan fingerprint density at radius 3 is 2.14 bits per heavy atom. The molecule has 1 atom stereocenters. The van der Waals surface area contributed by atoms with E-state index in [1.54, 1.807) is 73.8 Å². The summed E-state index contributed by atoms with van der Waals surface area (Å²) in [6.07, 6.45) is 3.07. The third-order valence-corrected chi connectivity index (χ3v) is 4.14. The van der Waals surface area contributed by atoms with Crippen molar-refractivity contribution in [1.29, 1.82) is 0 Å². The van der Waals surface area contributed by atoms with Gasteiger partial charge in [-0.2, -0.15) is 0 Å². The first kappa shape index (κ1) is 21.5. The number of carboxylic acid groups (broad SMARTS) is 1. The van der Waals surface area contributed by atoms with Gasteiger partial charge in [-0.05, 0) is 30.7 Å². The van der Waals surface area contributed by atoms with Crippen molar-refractivity contribution in [3.8, 4) is 0 Å². The number of pyridine rings is 1. The van der Waals surface area contributed by atoms with Crippen LogP contribution in [0.3, 0.4) is 0 Å². The maximum Gasteiger partial charge on any atom is 0.339 e. The number of esters is 1. The number of nitrogens with zero attached hydrogens (tertiary/aromatic N) is 1. The molecule has 3 aromatic rings. The van der Waals surface area contributed by atoms with Gasteiger partial charge >= 0.3 is 11.9 Å². The van der Waals surface area contributed by atoms with E-state index in [0.717, 1.165) is 0 Å². The molecule has 0 saturated heterocycles. The second-order valence-electron chi connectivity index (χ2n) is 6.11. The van der Waals surface area contributed by atoms with Crippen molar-refractivity contribution in [1.82, 2.24) is 4.98 Å². The molecule has 148 valence electrons. The molecular weight excluding hydrogens is 370 g/mol. The second kappa shape index (κ2) is 10.5. The van der Waals surface area contributed by atoms with Crippen molar-refractivity contribution >= 4 is 17.7 Å². The lowest BCUT2D eigenvalue weighted by Crippen LogP contribution is -2.09. The lowest BCUT2D eigenvalue weighted by molar-refractivity contribution is -0.138. The smallest absolute Gasteiger partial charge is 0.339 e. The zero-order valence-electron chi connectivity index (χ0n) is 16.1. The number of carboxylic acids is 1. The molecule has 3 rings (SSSR count). The summed E-state index contributed by atoms with van der Waals surface area (Å²) >= 11 is 0. The molecule has 1 unspecified atom stereocenters. The number of ketones is 1. The van der Waals surface area contributed by atoms with Crippen LogP contribution in [0.5, 0.6) is 0 Å². The van der Waals surface area contributed by atoms with E-state index in [1.165, 1.54) is 13.3 Å². The molecule has 0 bridgehead atoms. The van der Waals surface area contributed by atoms with Crippen LogP contribution in [0.2, 0.25) is 0 Å². The normalized spacial score (nSPS) is 10.8. The maximum absolute atomic E-state index is 12.2. The Morgan fingerprint density at radius 1 is 0.897 bits per heavy atom. The maximum atomic E-state index is 12.2. The largest absolute Gasteiger partial charge is 0.481 e. The number of ether oxygens (including phenoxy) is 1. The van der Waals surface area contributed by atoms with Crippen LogP contribution in [0.1, 0.15) is 44.7 Å². The third kappa shape index (κ3) is 6.10. The fourth-order valence-corrected chi connectivity index (χ4v) is 2.45. The van der Waals surface area contributed by atoms with Gasteiger partial charge in [-0.25, -0.2) is 4.79 Å². The van der Waals surface area contributed by atoms with Crippen molar-refractivity contribution in [3.05, 3.63) is 101 Å². The first-order chi connectivity index (χ1) is 13.9. The lowest BCUT2D eigenvalue weighted by Gasteiger charge is -2.08. The van der Waals surface area contributed by atoms with Crippen molar-refractivity contribution in [3.63, 3.8) is 0 Å². The molecule has 2 aromatic carbocycles. The summed E-state index contributed by atoms with van der Waals surface area (Å²) in [5.41, 5.74) is 2.22. The number of carbonyl (C=O) groups is 3. The number of methoxy groups -OCH3 is 1. The van der Waals surface area contributed by atoms with E-state index in [9.17, 15) is 14.4 Å².